The van der Waals surface area contributed by atoms with E-state index in [-0.39, 0.29) is 6.61 Å². The van der Waals surface area contributed by atoms with E-state index in [0.29, 0.717) is 0 Å². The van der Waals surface area contributed by atoms with Gasteiger partial charge in [0.15, 0.2) is 6.29 Å². The Bertz CT molecular complexity index is 245. The topological polar surface area (TPSA) is 68.2 Å². The third kappa shape index (κ3) is 2.21. The predicted molar refractivity (Wildman–Crippen MR) is 51.8 cm³/mol. The molecule has 2 fully saturated rings. The summed E-state index contributed by atoms with van der Waals surface area (Å²) < 4.78 is 13.7. The molecule has 15 heavy (non-hydrogen) atoms. The molecule has 0 spiro atoms. The molecule has 2 saturated heterocycles. The molecule has 2 N–H and O–H groups in total. The van der Waals surface area contributed by atoms with Gasteiger partial charge in [0, 0.05) is 0 Å². The summed E-state index contributed by atoms with van der Waals surface area (Å²) in [5, 5.41) is 18.5. The number of hydrogen-bond donors (Lipinski definition) is 2. The number of rotatable bonds is 1. The SMILES string of the molecule is OC[C@H]1O[C@H]2OC(C(Cl)(Cl)Cl)O[C@H]2[C@@H]1O. The largest absolute Gasteiger partial charge is 0.394 e. The molecule has 2 aliphatic rings. The van der Waals surface area contributed by atoms with E-state index < -0.39 is 34.7 Å². The fraction of sp³-hybridized carbons (Fsp3) is 1.00. The molecule has 2 rings (SSSR count). The number of halogens is 3. The van der Waals surface area contributed by atoms with Crippen molar-refractivity contribution in [1.29, 1.82) is 0 Å². The van der Waals surface area contributed by atoms with Crippen LogP contribution in [0.5, 0.6) is 0 Å². The normalized spacial score (nSPS) is 45.8. The molecule has 0 bridgehead atoms. The molecule has 0 aliphatic carbocycles. The Kier molecular flexibility index (Phi) is 3.37. The first-order valence-electron chi connectivity index (χ1n) is 4.25. The molecule has 0 aromatic carbocycles. The zero-order chi connectivity index (χ0) is 11.2. The van der Waals surface area contributed by atoms with Gasteiger partial charge in [0.05, 0.1) is 6.61 Å². The van der Waals surface area contributed by atoms with Gasteiger partial charge in [-0.25, -0.2) is 0 Å². The van der Waals surface area contributed by atoms with Gasteiger partial charge < -0.3 is 24.4 Å². The lowest BCUT2D eigenvalue weighted by Crippen LogP contribution is -2.36. The van der Waals surface area contributed by atoms with Crippen LogP contribution >= 0.6 is 34.8 Å². The number of aliphatic hydroxyl groups is 2. The predicted octanol–water partition coefficient (Wildman–Crippen LogP) is 0.176. The van der Waals surface area contributed by atoms with E-state index in [9.17, 15) is 5.11 Å². The van der Waals surface area contributed by atoms with Gasteiger partial charge in [-0.05, 0) is 0 Å². The highest BCUT2D eigenvalue weighted by Gasteiger charge is 2.55. The van der Waals surface area contributed by atoms with E-state index in [1.807, 2.05) is 0 Å². The first-order valence-corrected chi connectivity index (χ1v) is 5.39. The second kappa shape index (κ2) is 4.16. The third-order valence-electron chi connectivity index (χ3n) is 2.28. The molecule has 5 nitrogen and oxygen atoms in total. The molecule has 88 valence electrons. The molecule has 0 aromatic heterocycles. The molecule has 1 unspecified atom stereocenters. The number of fused-ring (bicyclic) bond motifs is 1. The van der Waals surface area contributed by atoms with Crippen molar-refractivity contribution in [3.8, 4) is 0 Å². The van der Waals surface area contributed by atoms with Crippen LogP contribution in [0.1, 0.15) is 0 Å². The third-order valence-corrected chi connectivity index (χ3v) is 2.81. The van der Waals surface area contributed by atoms with Crippen LogP contribution in [-0.2, 0) is 14.2 Å². The van der Waals surface area contributed by atoms with Crippen LogP contribution in [0, 0.1) is 0 Å². The molecule has 0 aromatic rings. The summed E-state index contributed by atoms with van der Waals surface area (Å²) in [6, 6.07) is 0. The molecule has 8 heteroatoms. The molecule has 2 aliphatic heterocycles. The van der Waals surface area contributed by atoms with Crippen LogP contribution in [0.25, 0.3) is 0 Å². The van der Waals surface area contributed by atoms with Gasteiger partial charge in [-0.15, -0.1) is 0 Å². The van der Waals surface area contributed by atoms with E-state index in [4.69, 9.17) is 54.1 Å². The second-order valence-electron chi connectivity index (χ2n) is 3.33. The van der Waals surface area contributed by atoms with Crippen molar-refractivity contribution in [2.45, 2.75) is 34.7 Å². The van der Waals surface area contributed by atoms with Crippen molar-refractivity contribution in [3.63, 3.8) is 0 Å². The summed E-state index contributed by atoms with van der Waals surface area (Å²) in [5.74, 6) is 0. The van der Waals surface area contributed by atoms with Gasteiger partial charge in [-0.1, -0.05) is 34.8 Å². The highest BCUT2D eigenvalue weighted by Crippen LogP contribution is 2.42. The van der Waals surface area contributed by atoms with E-state index >= 15 is 0 Å². The Hall–Kier alpha value is 0.670. The van der Waals surface area contributed by atoms with Gasteiger partial charge in [-0.3, -0.25) is 0 Å². The zero-order valence-corrected chi connectivity index (χ0v) is 9.61. The van der Waals surface area contributed by atoms with Crippen molar-refractivity contribution in [2.24, 2.45) is 0 Å². The molecule has 2 heterocycles. The molecular formula is C7H9Cl3O5. The Morgan fingerprint density at radius 1 is 1.13 bits per heavy atom. The lowest BCUT2D eigenvalue weighted by Gasteiger charge is -2.21. The standard InChI is InChI=1S/C7H9Cl3O5/c8-7(9,10)6-14-4-3(12)2(1-11)13-5(4)15-6/h2-6,11-12H,1H2/t2-,3-,4+,5+,6?/m1/s1. The van der Waals surface area contributed by atoms with Crippen molar-refractivity contribution >= 4 is 34.8 Å². The minimum absolute atomic E-state index is 0.320. The minimum Gasteiger partial charge on any atom is -0.394 e. The smallest absolute Gasteiger partial charge is 0.241 e. The maximum Gasteiger partial charge on any atom is 0.241 e. The van der Waals surface area contributed by atoms with Crippen LogP contribution < -0.4 is 0 Å². The van der Waals surface area contributed by atoms with Crippen molar-refractivity contribution in [3.05, 3.63) is 0 Å². The fourth-order valence-electron chi connectivity index (χ4n) is 1.56. The van der Waals surface area contributed by atoms with Crippen molar-refractivity contribution in [1.82, 2.24) is 0 Å². The zero-order valence-electron chi connectivity index (χ0n) is 7.35. The first-order chi connectivity index (χ1) is 6.93. The minimum atomic E-state index is -1.73. The number of alkyl halides is 3. The fourth-order valence-corrected chi connectivity index (χ4v) is 1.87. The Morgan fingerprint density at radius 2 is 1.80 bits per heavy atom. The van der Waals surface area contributed by atoms with E-state index in [0.717, 1.165) is 0 Å². The van der Waals surface area contributed by atoms with Crippen LogP contribution in [0.2, 0.25) is 0 Å². The first kappa shape index (κ1) is 12.1. The summed E-state index contributed by atoms with van der Waals surface area (Å²) in [6.07, 6.45) is -4.33. The van der Waals surface area contributed by atoms with Crippen molar-refractivity contribution < 1.29 is 24.4 Å². The monoisotopic (exact) mass is 278 g/mol. The lowest BCUT2D eigenvalue weighted by molar-refractivity contribution is -0.172. The molecule has 0 amide bonds. The Balaban J connectivity index is 2.02. The molecule has 0 radical (unpaired) electrons. The van der Waals surface area contributed by atoms with Gasteiger partial charge in [0.1, 0.15) is 18.3 Å². The maximum absolute atomic E-state index is 9.62. The van der Waals surface area contributed by atoms with Crippen LogP contribution in [0.3, 0.4) is 0 Å². The van der Waals surface area contributed by atoms with E-state index in [2.05, 4.69) is 0 Å². The maximum atomic E-state index is 9.62. The quantitative estimate of drug-likeness (QED) is 0.670. The number of aliphatic hydroxyl groups excluding tert-OH is 2. The average Bonchev–Trinajstić information content (AvgIpc) is 2.65. The average molecular weight is 280 g/mol. The summed E-state index contributed by atoms with van der Waals surface area (Å²) in [5.41, 5.74) is 0. The summed E-state index contributed by atoms with van der Waals surface area (Å²) in [4.78, 5) is 0. The summed E-state index contributed by atoms with van der Waals surface area (Å²) in [7, 11) is 0. The van der Waals surface area contributed by atoms with Gasteiger partial charge in [0.2, 0.25) is 10.1 Å². The lowest BCUT2D eigenvalue weighted by atomic mass is 10.1. The summed E-state index contributed by atoms with van der Waals surface area (Å²) >= 11 is 16.7. The summed E-state index contributed by atoms with van der Waals surface area (Å²) in [6.45, 7) is -0.320. The van der Waals surface area contributed by atoms with Crippen molar-refractivity contribution in [2.75, 3.05) is 6.61 Å². The van der Waals surface area contributed by atoms with Gasteiger partial charge in [-0.2, -0.15) is 0 Å². The number of hydrogen-bond acceptors (Lipinski definition) is 5. The molecular weight excluding hydrogens is 270 g/mol. The van der Waals surface area contributed by atoms with E-state index in [1.165, 1.54) is 0 Å². The van der Waals surface area contributed by atoms with Gasteiger partial charge >= 0.3 is 0 Å². The van der Waals surface area contributed by atoms with Crippen LogP contribution in [0.15, 0.2) is 0 Å². The van der Waals surface area contributed by atoms with Gasteiger partial charge in [0.25, 0.3) is 0 Å². The number of ether oxygens (including phenoxy) is 3. The highest BCUT2D eigenvalue weighted by atomic mass is 35.6. The second-order valence-corrected chi connectivity index (χ2v) is 5.70. The highest BCUT2D eigenvalue weighted by molar-refractivity contribution is 6.67. The molecule has 5 atom stereocenters. The molecule has 0 saturated carbocycles. The van der Waals surface area contributed by atoms with E-state index in [1.54, 1.807) is 0 Å². The Morgan fingerprint density at radius 3 is 2.27 bits per heavy atom. The van der Waals surface area contributed by atoms with Crippen LogP contribution in [0.4, 0.5) is 0 Å². The van der Waals surface area contributed by atoms with Crippen LogP contribution in [-0.4, -0.2) is 51.5 Å². The Labute approximate surface area is 101 Å².